The van der Waals surface area contributed by atoms with Crippen LogP contribution in [-0.4, -0.2) is 31.0 Å². The summed E-state index contributed by atoms with van der Waals surface area (Å²) in [5, 5.41) is 9.10. The molecule has 6 heteroatoms. The Labute approximate surface area is 139 Å². The van der Waals surface area contributed by atoms with Crippen molar-refractivity contribution >= 4 is 40.9 Å². The maximum Gasteiger partial charge on any atom is 0.348 e. The van der Waals surface area contributed by atoms with E-state index in [4.69, 9.17) is 33.2 Å². The second-order valence-electron chi connectivity index (χ2n) is 5.42. The Hall–Kier alpha value is -1.70. The largest absolute Gasteiger partial charge is 0.461 e. The van der Waals surface area contributed by atoms with E-state index < -0.39 is 10.3 Å². The second-order valence-corrected chi connectivity index (χ2v) is 6.96. The molecular weight excluding hydrogens is 323 g/mol. The van der Waals surface area contributed by atoms with Crippen molar-refractivity contribution in [2.75, 3.05) is 25.6 Å². The van der Waals surface area contributed by atoms with Crippen molar-refractivity contribution in [1.82, 2.24) is 0 Å². The lowest BCUT2D eigenvalue weighted by molar-refractivity contribution is -0.138. The first kappa shape index (κ1) is 16.7. The van der Waals surface area contributed by atoms with E-state index >= 15 is 0 Å². The molecule has 1 aliphatic rings. The third-order valence-electron chi connectivity index (χ3n) is 3.43. The summed E-state index contributed by atoms with van der Waals surface area (Å²) >= 11 is 11.7. The fraction of sp³-hybridized carbons (Fsp3) is 0.375. The first-order valence-corrected chi connectivity index (χ1v) is 7.53. The van der Waals surface area contributed by atoms with Gasteiger partial charge in [0.05, 0.1) is 6.61 Å². The number of hydrogen-bond donors (Lipinski definition) is 0. The zero-order valence-corrected chi connectivity index (χ0v) is 13.9. The van der Waals surface area contributed by atoms with Crippen molar-refractivity contribution in [2.24, 2.45) is 5.92 Å². The molecule has 1 fully saturated rings. The molecule has 4 nitrogen and oxygen atoms in total. The summed E-state index contributed by atoms with van der Waals surface area (Å²) in [5.74, 6) is -0.714. The Balaban J connectivity index is 2.00. The van der Waals surface area contributed by atoms with Gasteiger partial charge < -0.3 is 9.64 Å². The van der Waals surface area contributed by atoms with Crippen molar-refractivity contribution in [2.45, 2.75) is 10.8 Å². The van der Waals surface area contributed by atoms with Gasteiger partial charge in [-0.25, -0.2) is 4.79 Å². The number of rotatable bonds is 5. The Morgan fingerprint density at radius 1 is 1.45 bits per heavy atom. The second kappa shape index (κ2) is 6.60. The van der Waals surface area contributed by atoms with E-state index in [-0.39, 0.29) is 18.1 Å². The standard InChI is InChI=1S/C16H16Cl2N2O2/c1-20(2)14-5-3-11(4-6-14)7-12(9-19)15(21)22-10-13-8-16(13,17)18/h3-7,13H,8,10H2,1-2H3/b12-7+/t13-/m1/s1. The van der Waals surface area contributed by atoms with E-state index in [9.17, 15) is 4.79 Å². The number of nitrogens with zero attached hydrogens (tertiary/aromatic N) is 2. The van der Waals surface area contributed by atoms with Crippen molar-refractivity contribution in [3.05, 3.63) is 35.4 Å². The molecule has 1 aromatic rings. The quantitative estimate of drug-likeness (QED) is 0.357. The Kier molecular flexibility index (Phi) is 5.00. The van der Waals surface area contributed by atoms with Crippen LogP contribution in [0.25, 0.3) is 6.08 Å². The van der Waals surface area contributed by atoms with Gasteiger partial charge in [0, 0.05) is 25.7 Å². The molecule has 22 heavy (non-hydrogen) atoms. The van der Waals surface area contributed by atoms with Crippen LogP contribution in [0.1, 0.15) is 12.0 Å². The minimum atomic E-state index is -0.793. The van der Waals surface area contributed by atoms with Crippen LogP contribution in [0.2, 0.25) is 0 Å². The van der Waals surface area contributed by atoms with E-state index in [1.165, 1.54) is 6.08 Å². The molecule has 0 aromatic heterocycles. The molecule has 1 aliphatic carbocycles. The third-order valence-corrected chi connectivity index (χ3v) is 4.36. The number of halogens is 2. The summed E-state index contributed by atoms with van der Waals surface area (Å²) in [4.78, 5) is 13.9. The van der Waals surface area contributed by atoms with Crippen molar-refractivity contribution in [1.29, 1.82) is 5.26 Å². The molecular formula is C16H16Cl2N2O2. The predicted octanol–water partition coefficient (Wildman–Crippen LogP) is 3.40. The van der Waals surface area contributed by atoms with Gasteiger partial charge in [-0.3, -0.25) is 0 Å². The molecule has 0 bridgehead atoms. The fourth-order valence-corrected chi connectivity index (χ4v) is 2.38. The SMILES string of the molecule is CN(C)c1ccc(/C=C(\C#N)C(=O)OC[C@H]2CC2(Cl)Cl)cc1. The van der Waals surface area contributed by atoms with E-state index in [1.807, 2.05) is 49.3 Å². The topological polar surface area (TPSA) is 53.3 Å². The van der Waals surface area contributed by atoms with Gasteiger partial charge in [0.1, 0.15) is 16.0 Å². The number of nitriles is 1. The molecule has 0 heterocycles. The molecule has 0 spiro atoms. The number of anilines is 1. The molecule has 0 amide bonds. The summed E-state index contributed by atoms with van der Waals surface area (Å²) in [7, 11) is 3.88. The first-order chi connectivity index (χ1) is 10.3. The highest BCUT2D eigenvalue weighted by molar-refractivity contribution is 6.50. The van der Waals surface area contributed by atoms with Crippen LogP contribution < -0.4 is 4.90 Å². The van der Waals surface area contributed by atoms with Gasteiger partial charge in [0.25, 0.3) is 0 Å². The van der Waals surface area contributed by atoms with E-state index in [1.54, 1.807) is 0 Å². The molecule has 116 valence electrons. The molecule has 1 aromatic carbocycles. The Morgan fingerprint density at radius 3 is 2.50 bits per heavy atom. The normalized spacial score (nSPS) is 19.2. The first-order valence-electron chi connectivity index (χ1n) is 6.77. The van der Waals surface area contributed by atoms with Gasteiger partial charge in [-0.1, -0.05) is 12.1 Å². The lowest BCUT2D eigenvalue weighted by atomic mass is 10.1. The Bertz CT molecular complexity index is 631. The maximum atomic E-state index is 11.9. The van der Waals surface area contributed by atoms with Crippen LogP contribution in [0.15, 0.2) is 29.8 Å². The van der Waals surface area contributed by atoms with Crippen LogP contribution in [0, 0.1) is 17.2 Å². The smallest absolute Gasteiger partial charge is 0.348 e. The summed E-state index contributed by atoms with van der Waals surface area (Å²) in [6.07, 6.45) is 2.10. The summed E-state index contributed by atoms with van der Waals surface area (Å²) < 4.78 is 4.29. The number of benzene rings is 1. The molecule has 0 N–H and O–H groups in total. The predicted molar refractivity (Wildman–Crippen MR) is 87.9 cm³/mol. The van der Waals surface area contributed by atoms with Crippen LogP contribution >= 0.6 is 23.2 Å². The van der Waals surface area contributed by atoms with Gasteiger partial charge in [0.2, 0.25) is 0 Å². The van der Waals surface area contributed by atoms with Crippen LogP contribution in [0.3, 0.4) is 0 Å². The molecule has 0 saturated heterocycles. The van der Waals surface area contributed by atoms with E-state index in [0.29, 0.717) is 6.42 Å². The molecule has 0 unspecified atom stereocenters. The van der Waals surface area contributed by atoms with Gasteiger partial charge in [-0.2, -0.15) is 5.26 Å². The highest BCUT2D eigenvalue weighted by Crippen LogP contribution is 2.53. The lowest BCUT2D eigenvalue weighted by Crippen LogP contribution is -2.11. The van der Waals surface area contributed by atoms with Crippen LogP contribution in [0.4, 0.5) is 5.69 Å². The number of hydrogen-bond acceptors (Lipinski definition) is 4. The average Bonchev–Trinajstić information content (AvgIpc) is 3.10. The van der Waals surface area contributed by atoms with Gasteiger partial charge in [-0.15, -0.1) is 23.2 Å². The van der Waals surface area contributed by atoms with Crippen molar-refractivity contribution < 1.29 is 9.53 Å². The number of alkyl halides is 2. The minimum absolute atomic E-state index is 0.0482. The van der Waals surface area contributed by atoms with Gasteiger partial charge in [-0.05, 0) is 30.2 Å². The average molecular weight is 339 g/mol. The van der Waals surface area contributed by atoms with Gasteiger partial charge >= 0.3 is 5.97 Å². The molecule has 0 radical (unpaired) electrons. The number of carbonyl (C=O) groups is 1. The summed E-state index contributed by atoms with van der Waals surface area (Å²) in [5.41, 5.74) is 1.75. The van der Waals surface area contributed by atoms with E-state index in [2.05, 4.69) is 0 Å². The van der Waals surface area contributed by atoms with Crippen LogP contribution in [0.5, 0.6) is 0 Å². The van der Waals surface area contributed by atoms with Gasteiger partial charge in [0.15, 0.2) is 0 Å². The van der Waals surface area contributed by atoms with Crippen molar-refractivity contribution in [3.63, 3.8) is 0 Å². The number of carbonyl (C=O) groups excluding carboxylic acids is 1. The Morgan fingerprint density at radius 2 is 2.05 bits per heavy atom. The molecule has 1 saturated carbocycles. The fourth-order valence-electron chi connectivity index (χ4n) is 1.88. The summed E-state index contributed by atoms with van der Waals surface area (Å²) in [6.45, 7) is 0.129. The molecule has 1 atom stereocenters. The zero-order valence-electron chi connectivity index (χ0n) is 12.3. The lowest BCUT2D eigenvalue weighted by Gasteiger charge is -2.11. The monoisotopic (exact) mass is 338 g/mol. The summed E-state index contributed by atoms with van der Waals surface area (Å²) in [6, 6.07) is 9.35. The van der Waals surface area contributed by atoms with E-state index in [0.717, 1.165) is 11.3 Å². The maximum absolute atomic E-state index is 11.9. The number of ether oxygens (including phenoxy) is 1. The minimum Gasteiger partial charge on any atom is -0.461 e. The zero-order chi connectivity index (χ0) is 16.3. The van der Waals surface area contributed by atoms with Crippen LogP contribution in [-0.2, 0) is 9.53 Å². The molecule has 2 rings (SSSR count). The number of esters is 1. The van der Waals surface area contributed by atoms with Crippen molar-refractivity contribution in [3.8, 4) is 6.07 Å². The highest BCUT2D eigenvalue weighted by atomic mass is 35.5. The molecule has 0 aliphatic heterocycles. The highest BCUT2D eigenvalue weighted by Gasteiger charge is 2.52. The third kappa shape index (κ3) is 4.16.